The van der Waals surface area contributed by atoms with E-state index in [4.69, 9.17) is 5.26 Å². The third-order valence-corrected chi connectivity index (χ3v) is 5.33. The standard InChI is InChI=1S/C21H19N3OS/c1-14(2)21-24-18(20(25)23-13-16-6-4-3-5-7-16)19(26-21)17-10-8-15(12-22)9-11-17/h3-11,14H,13H2,1-2H3,(H,23,25). The molecule has 1 amide bonds. The Balaban J connectivity index is 1.89. The average molecular weight is 361 g/mol. The number of carbonyl (C=O) groups is 1. The second kappa shape index (κ2) is 7.94. The summed E-state index contributed by atoms with van der Waals surface area (Å²) >= 11 is 1.53. The van der Waals surface area contributed by atoms with Gasteiger partial charge in [-0.2, -0.15) is 5.26 Å². The Morgan fingerprint density at radius 3 is 2.46 bits per heavy atom. The third kappa shape index (κ3) is 3.98. The summed E-state index contributed by atoms with van der Waals surface area (Å²) in [6.45, 7) is 4.58. The van der Waals surface area contributed by atoms with Gasteiger partial charge in [-0.15, -0.1) is 11.3 Å². The molecule has 1 aromatic heterocycles. The molecule has 0 saturated carbocycles. The number of hydrogen-bond donors (Lipinski definition) is 1. The van der Waals surface area contributed by atoms with Crippen molar-refractivity contribution in [2.45, 2.75) is 26.3 Å². The lowest BCUT2D eigenvalue weighted by molar-refractivity contribution is 0.0947. The molecule has 0 radical (unpaired) electrons. The lowest BCUT2D eigenvalue weighted by Crippen LogP contribution is -2.23. The number of nitriles is 1. The van der Waals surface area contributed by atoms with Gasteiger partial charge in [0.15, 0.2) is 0 Å². The predicted molar refractivity (Wildman–Crippen MR) is 104 cm³/mol. The van der Waals surface area contributed by atoms with Crippen LogP contribution in [0.15, 0.2) is 54.6 Å². The Kier molecular flexibility index (Phi) is 5.45. The molecule has 0 spiro atoms. The number of rotatable bonds is 5. The zero-order valence-corrected chi connectivity index (χ0v) is 15.5. The first-order valence-corrected chi connectivity index (χ1v) is 9.23. The number of amides is 1. The Hall–Kier alpha value is -2.97. The molecule has 0 aliphatic rings. The second-order valence-corrected chi connectivity index (χ2v) is 7.27. The summed E-state index contributed by atoms with van der Waals surface area (Å²) in [5.74, 6) is 0.0594. The normalized spacial score (nSPS) is 10.5. The Morgan fingerprint density at radius 1 is 1.15 bits per heavy atom. The molecule has 1 heterocycles. The van der Waals surface area contributed by atoms with Gasteiger partial charge in [-0.05, 0) is 23.3 Å². The highest BCUT2D eigenvalue weighted by Crippen LogP contribution is 2.33. The molecule has 2 aromatic carbocycles. The van der Waals surface area contributed by atoms with Crippen LogP contribution in [0.1, 0.15) is 46.4 Å². The van der Waals surface area contributed by atoms with Crippen molar-refractivity contribution in [2.24, 2.45) is 0 Å². The summed E-state index contributed by atoms with van der Waals surface area (Å²) < 4.78 is 0. The van der Waals surface area contributed by atoms with E-state index in [1.165, 1.54) is 11.3 Å². The van der Waals surface area contributed by atoms with Gasteiger partial charge in [0.25, 0.3) is 5.91 Å². The predicted octanol–water partition coefficient (Wildman–Crippen LogP) is 4.74. The van der Waals surface area contributed by atoms with E-state index in [-0.39, 0.29) is 11.8 Å². The van der Waals surface area contributed by atoms with E-state index in [9.17, 15) is 4.79 Å². The lowest BCUT2D eigenvalue weighted by Gasteiger charge is -2.06. The van der Waals surface area contributed by atoms with Crippen molar-refractivity contribution in [3.05, 3.63) is 76.4 Å². The average Bonchev–Trinajstić information content (AvgIpc) is 3.13. The lowest BCUT2D eigenvalue weighted by atomic mass is 10.1. The van der Waals surface area contributed by atoms with Gasteiger partial charge in [-0.1, -0.05) is 56.3 Å². The molecule has 0 fully saturated rings. The maximum atomic E-state index is 12.8. The number of nitrogens with one attached hydrogen (secondary N) is 1. The molecule has 0 bridgehead atoms. The van der Waals surface area contributed by atoms with Gasteiger partial charge in [0.05, 0.1) is 21.5 Å². The van der Waals surface area contributed by atoms with Crippen molar-refractivity contribution in [2.75, 3.05) is 0 Å². The van der Waals surface area contributed by atoms with E-state index in [1.807, 2.05) is 42.5 Å². The van der Waals surface area contributed by atoms with E-state index >= 15 is 0 Å². The maximum Gasteiger partial charge on any atom is 0.271 e. The van der Waals surface area contributed by atoms with Crippen molar-refractivity contribution in [1.82, 2.24) is 10.3 Å². The van der Waals surface area contributed by atoms with E-state index in [1.54, 1.807) is 12.1 Å². The molecule has 0 aliphatic carbocycles. The van der Waals surface area contributed by atoms with Gasteiger partial charge in [-0.3, -0.25) is 4.79 Å². The van der Waals surface area contributed by atoms with Gasteiger partial charge in [0.2, 0.25) is 0 Å². The first-order chi connectivity index (χ1) is 12.6. The van der Waals surface area contributed by atoms with Crippen molar-refractivity contribution < 1.29 is 4.79 Å². The van der Waals surface area contributed by atoms with Crippen molar-refractivity contribution in [3.8, 4) is 16.5 Å². The smallest absolute Gasteiger partial charge is 0.271 e. The topological polar surface area (TPSA) is 65.8 Å². The molecule has 3 aromatic rings. The zero-order valence-electron chi connectivity index (χ0n) is 14.7. The molecule has 26 heavy (non-hydrogen) atoms. The highest BCUT2D eigenvalue weighted by atomic mass is 32.1. The summed E-state index contributed by atoms with van der Waals surface area (Å²) in [7, 11) is 0. The quantitative estimate of drug-likeness (QED) is 0.714. The van der Waals surface area contributed by atoms with E-state index in [2.05, 4.69) is 30.2 Å². The third-order valence-electron chi connectivity index (χ3n) is 3.92. The molecular weight excluding hydrogens is 342 g/mol. The molecule has 130 valence electrons. The number of benzene rings is 2. The van der Waals surface area contributed by atoms with Crippen LogP contribution in [0.25, 0.3) is 10.4 Å². The fourth-order valence-electron chi connectivity index (χ4n) is 2.49. The summed E-state index contributed by atoms with van der Waals surface area (Å²) in [4.78, 5) is 18.2. The Morgan fingerprint density at radius 2 is 1.85 bits per heavy atom. The minimum absolute atomic E-state index is 0.184. The van der Waals surface area contributed by atoms with Gasteiger partial charge < -0.3 is 5.32 Å². The molecule has 5 heteroatoms. The van der Waals surface area contributed by atoms with Crippen molar-refractivity contribution >= 4 is 17.2 Å². The SMILES string of the molecule is CC(C)c1nc(C(=O)NCc2ccccc2)c(-c2ccc(C#N)cc2)s1. The van der Waals surface area contributed by atoms with Crippen LogP contribution in [-0.4, -0.2) is 10.9 Å². The Bertz CT molecular complexity index is 938. The monoisotopic (exact) mass is 361 g/mol. The summed E-state index contributed by atoms with van der Waals surface area (Å²) in [5, 5.41) is 12.9. The van der Waals surface area contributed by atoms with Gasteiger partial charge in [0, 0.05) is 12.5 Å². The maximum absolute atomic E-state index is 12.8. The van der Waals surface area contributed by atoms with Crippen LogP contribution in [0.4, 0.5) is 0 Å². The molecular formula is C21H19N3OS. The van der Waals surface area contributed by atoms with Gasteiger partial charge >= 0.3 is 0 Å². The number of thiazole rings is 1. The van der Waals surface area contributed by atoms with Crippen LogP contribution in [-0.2, 0) is 6.54 Å². The van der Waals surface area contributed by atoms with E-state index < -0.39 is 0 Å². The van der Waals surface area contributed by atoms with Gasteiger partial charge in [0.1, 0.15) is 5.69 Å². The molecule has 3 rings (SSSR count). The zero-order chi connectivity index (χ0) is 18.5. The molecule has 0 unspecified atom stereocenters. The Labute approximate surface area is 157 Å². The van der Waals surface area contributed by atoms with E-state index in [0.717, 1.165) is 21.0 Å². The molecule has 0 atom stereocenters. The van der Waals surface area contributed by atoms with Crippen molar-refractivity contribution in [1.29, 1.82) is 5.26 Å². The summed E-state index contributed by atoms with van der Waals surface area (Å²) in [5.41, 5.74) is 2.98. The molecule has 1 N–H and O–H groups in total. The first kappa shape index (κ1) is 17.8. The van der Waals surface area contributed by atoms with Crippen LogP contribution in [0.5, 0.6) is 0 Å². The summed E-state index contributed by atoms with van der Waals surface area (Å²) in [6, 6.07) is 19.2. The summed E-state index contributed by atoms with van der Waals surface area (Å²) in [6.07, 6.45) is 0. The highest BCUT2D eigenvalue weighted by molar-refractivity contribution is 7.15. The number of aromatic nitrogens is 1. The number of hydrogen-bond acceptors (Lipinski definition) is 4. The van der Waals surface area contributed by atoms with Crippen LogP contribution < -0.4 is 5.32 Å². The number of nitrogens with zero attached hydrogens (tertiary/aromatic N) is 2. The second-order valence-electron chi connectivity index (χ2n) is 6.24. The first-order valence-electron chi connectivity index (χ1n) is 8.42. The fourth-order valence-corrected chi connectivity index (χ4v) is 3.56. The van der Waals surface area contributed by atoms with Crippen LogP contribution in [0, 0.1) is 11.3 Å². The minimum atomic E-state index is -0.184. The van der Waals surface area contributed by atoms with Crippen molar-refractivity contribution in [3.63, 3.8) is 0 Å². The fraction of sp³-hybridized carbons (Fsp3) is 0.190. The van der Waals surface area contributed by atoms with Crippen LogP contribution in [0.2, 0.25) is 0 Å². The minimum Gasteiger partial charge on any atom is -0.347 e. The molecule has 0 aliphatic heterocycles. The van der Waals surface area contributed by atoms with E-state index in [0.29, 0.717) is 17.8 Å². The number of carbonyl (C=O) groups excluding carboxylic acids is 1. The van der Waals surface area contributed by atoms with Crippen LogP contribution >= 0.6 is 11.3 Å². The molecule has 0 saturated heterocycles. The largest absolute Gasteiger partial charge is 0.347 e. The molecule has 4 nitrogen and oxygen atoms in total. The van der Waals surface area contributed by atoms with Crippen LogP contribution in [0.3, 0.4) is 0 Å². The highest BCUT2D eigenvalue weighted by Gasteiger charge is 2.20. The van der Waals surface area contributed by atoms with Gasteiger partial charge in [-0.25, -0.2) is 4.98 Å².